The zero-order valence-corrected chi connectivity index (χ0v) is 9.82. The molecule has 0 spiro atoms. The lowest BCUT2D eigenvalue weighted by Gasteiger charge is -2.14. The van der Waals surface area contributed by atoms with Gasteiger partial charge >= 0.3 is 0 Å². The van der Waals surface area contributed by atoms with E-state index < -0.39 is 0 Å². The van der Waals surface area contributed by atoms with Gasteiger partial charge in [0.15, 0.2) is 5.65 Å². The summed E-state index contributed by atoms with van der Waals surface area (Å²) in [5, 5.41) is 18.2. The fourth-order valence-corrected chi connectivity index (χ4v) is 1.65. The van der Waals surface area contributed by atoms with Crippen molar-refractivity contribution in [3.63, 3.8) is 0 Å². The van der Waals surface area contributed by atoms with Gasteiger partial charge in [0.25, 0.3) is 0 Å². The summed E-state index contributed by atoms with van der Waals surface area (Å²) in [5.74, 6) is -0.169. The molecule has 0 aliphatic heterocycles. The smallest absolute Gasteiger partial charge is 0.222 e. The molecule has 7 nitrogen and oxygen atoms in total. The number of anilines is 1. The van der Waals surface area contributed by atoms with Gasteiger partial charge in [-0.3, -0.25) is 0 Å². The molecule has 0 saturated carbocycles. The van der Waals surface area contributed by atoms with Crippen molar-refractivity contribution < 1.29 is 10.2 Å². The molecule has 0 aliphatic carbocycles. The van der Waals surface area contributed by atoms with Gasteiger partial charge in [0.2, 0.25) is 5.95 Å². The summed E-state index contributed by atoms with van der Waals surface area (Å²) >= 11 is 0. The SMILES string of the molecule is C=C(Cn1cnc2cnc(N)nc21)C(CO)CO. The van der Waals surface area contributed by atoms with Crippen LogP contribution in [0.15, 0.2) is 24.7 Å². The fraction of sp³-hybridized carbons (Fsp3) is 0.364. The molecule has 0 bridgehead atoms. The average molecular weight is 249 g/mol. The highest BCUT2D eigenvalue weighted by Crippen LogP contribution is 2.15. The molecule has 2 rings (SSSR count). The Labute approximate surface area is 104 Å². The average Bonchev–Trinajstić information content (AvgIpc) is 2.73. The van der Waals surface area contributed by atoms with Gasteiger partial charge in [-0.1, -0.05) is 6.58 Å². The van der Waals surface area contributed by atoms with Crippen LogP contribution >= 0.6 is 0 Å². The van der Waals surface area contributed by atoms with Crippen molar-refractivity contribution in [3.8, 4) is 0 Å². The Hall–Kier alpha value is -1.99. The van der Waals surface area contributed by atoms with Gasteiger partial charge in [-0.2, -0.15) is 4.98 Å². The van der Waals surface area contributed by atoms with Gasteiger partial charge < -0.3 is 20.5 Å². The van der Waals surface area contributed by atoms with E-state index >= 15 is 0 Å². The highest BCUT2D eigenvalue weighted by atomic mass is 16.3. The Morgan fingerprint density at radius 3 is 2.78 bits per heavy atom. The number of aromatic nitrogens is 4. The third-order valence-electron chi connectivity index (χ3n) is 2.77. The minimum absolute atomic E-state index is 0.140. The molecule has 18 heavy (non-hydrogen) atoms. The Morgan fingerprint density at radius 2 is 2.11 bits per heavy atom. The fourth-order valence-electron chi connectivity index (χ4n) is 1.65. The Balaban J connectivity index is 2.26. The van der Waals surface area contributed by atoms with E-state index in [0.29, 0.717) is 23.3 Å². The monoisotopic (exact) mass is 249 g/mol. The summed E-state index contributed by atoms with van der Waals surface area (Å²) in [6.07, 6.45) is 3.16. The van der Waals surface area contributed by atoms with Crippen molar-refractivity contribution in [1.82, 2.24) is 19.5 Å². The van der Waals surface area contributed by atoms with E-state index in [-0.39, 0.29) is 25.1 Å². The topological polar surface area (TPSA) is 110 Å². The summed E-state index contributed by atoms with van der Waals surface area (Å²) in [4.78, 5) is 12.1. The molecule has 2 aromatic rings. The molecule has 7 heteroatoms. The molecule has 2 heterocycles. The predicted molar refractivity (Wildman–Crippen MR) is 66.5 cm³/mol. The van der Waals surface area contributed by atoms with Crippen LogP contribution in [0.3, 0.4) is 0 Å². The van der Waals surface area contributed by atoms with Crippen LogP contribution in [0.1, 0.15) is 0 Å². The molecule has 0 saturated heterocycles. The lowest BCUT2D eigenvalue weighted by atomic mass is 10.0. The first-order valence-corrected chi connectivity index (χ1v) is 5.48. The Morgan fingerprint density at radius 1 is 1.39 bits per heavy atom. The number of hydrogen-bond acceptors (Lipinski definition) is 6. The van der Waals surface area contributed by atoms with Crippen LogP contribution in [0.2, 0.25) is 0 Å². The highest BCUT2D eigenvalue weighted by Gasteiger charge is 2.13. The van der Waals surface area contributed by atoms with E-state index in [1.165, 1.54) is 0 Å². The van der Waals surface area contributed by atoms with Gasteiger partial charge in [-0.25, -0.2) is 9.97 Å². The number of aliphatic hydroxyl groups excluding tert-OH is 2. The molecule has 0 aliphatic rings. The molecule has 0 fully saturated rings. The van der Waals surface area contributed by atoms with Crippen LogP contribution in [0.5, 0.6) is 0 Å². The first kappa shape index (κ1) is 12.5. The molecule has 2 aromatic heterocycles. The molecular formula is C11H15N5O2. The van der Waals surface area contributed by atoms with Gasteiger partial charge in [0, 0.05) is 12.5 Å². The van der Waals surface area contributed by atoms with Crippen LogP contribution < -0.4 is 5.73 Å². The van der Waals surface area contributed by atoms with E-state index in [0.717, 1.165) is 0 Å². The van der Waals surface area contributed by atoms with Crippen molar-refractivity contribution in [2.75, 3.05) is 18.9 Å². The summed E-state index contributed by atoms with van der Waals surface area (Å²) in [6.45, 7) is 3.99. The van der Waals surface area contributed by atoms with Crippen molar-refractivity contribution in [2.24, 2.45) is 5.92 Å². The van der Waals surface area contributed by atoms with Gasteiger partial charge in [0.05, 0.1) is 25.7 Å². The molecule has 0 radical (unpaired) electrons. The lowest BCUT2D eigenvalue weighted by Crippen LogP contribution is -2.17. The van der Waals surface area contributed by atoms with E-state index in [1.54, 1.807) is 17.1 Å². The van der Waals surface area contributed by atoms with Gasteiger partial charge in [-0.05, 0) is 5.57 Å². The van der Waals surface area contributed by atoms with Crippen molar-refractivity contribution in [2.45, 2.75) is 6.54 Å². The zero-order valence-electron chi connectivity index (χ0n) is 9.82. The number of imidazole rings is 1. The first-order valence-electron chi connectivity index (χ1n) is 5.48. The molecular weight excluding hydrogens is 234 g/mol. The minimum atomic E-state index is -0.346. The number of nitrogens with zero attached hydrogens (tertiary/aromatic N) is 4. The van der Waals surface area contributed by atoms with Gasteiger partial charge in [0.1, 0.15) is 5.52 Å². The maximum Gasteiger partial charge on any atom is 0.222 e. The number of rotatable bonds is 5. The van der Waals surface area contributed by atoms with E-state index in [4.69, 9.17) is 15.9 Å². The number of hydrogen-bond donors (Lipinski definition) is 3. The number of aliphatic hydroxyl groups is 2. The summed E-state index contributed by atoms with van der Waals surface area (Å²) < 4.78 is 1.76. The third kappa shape index (κ3) is 2.31. The second-order valence-corrected chi connectivity index (χ2v) is 4.03. The predicted octanol–water partition coefficient (Wildman–Crippen LogP) is -0.435. The molecule has 0 unspecified atom stereocenters. The quantitative estimate of drug-likeness (QED) is 0.620. The zero-order chi connectivity index (χ0) is 13.1. The molecule has 4 N–H and O–H groups in total. The van der Waals surface area contributed by atoms with Crippen LogP contribution in [-0.4, -0.2) is 42.9 Å². The summed E-state index contributed by atoms with van der Waals surface area (Å²) in [7, 11) is 0. The van der Waals surface area contributed by atoms with Crippen molar-refractivity contribution >= 4 is 17.1 Å². The largest absolute Gasteiger partial charge is 0.396 e. The first-order chi connectivity index (χ1) is 8.65. The van der Waals surface area contributed by atoms with Crippen molar-refractivity contribution in [1.29, 1.82) is 0 Å². The lowest BCUT2D eigenvalue weighted by molar-refractivity contribution is 0.168. The standard InChI is InChI=1S/C11H15N5O2/c1-7(8(4-17)5-18)3-16-6-14-9-2-13-11(12)15-10(9)16/h2,6,8,17-18H,1,3-5H2,(H2,12,13,15). The van der Waals surface area contributed by atoms with Crippen LogP contribution in [0.4, 0.5) is 5.95 Å². The van der Waals surface area contributed by atoms with Gasteiger partial charge in [-0.15, -0.1) is 0 Å². The maximum atomic E-state index is 9.09. The molecule has 96 valence electrons. The van der Waals surface area contributed by atoms with Crippen LogP contribution in [0, 0.1) is 5.92 Å². The number of nitrogens with two attached hydrogens (primary N) is 1. The van der Waals surface area contributed by atoms with E-state index in [9.17, 15) is 0 Å². The summed E-state index contributed by atoms with van der Waals surface area (Å²) in [5.41, 5.74) is 7.48. The molecule has 0 amide bonds. The Bertz CT molecular complexity index is 562. The third-order valence-corrected chi connectivity index (χ3v) is 2.77. The van der Waals surface area contributed by atoms with Crippen molar-refractivity contribution in [3.05, 3.63) is 24.7 Å². The number of nitrogen functional groups attached to an aromatic ring is 1. The Kier molecular flexibility index (Phi) is 3.54. The summed E-state index contributed by atoms with van der Waals surface area (Å²) in [6, 6.07) is 0. The molecule has 0 atom stereocenters. The number of fused-ring (bicyclic) bond motifs is 1. The highest BCUT2D eigenvalue weighted by molar-refractivity contribution is 5.70. The molecule has 0 aromatic carbocycles. The maximum absolute atomic E-state index is 9.09. The second kappa shape index (κ2) is 5.11. The normalized spacial score (nSPS) is 11.3. The van der Waals surface area contributed by atoms with Crippen LogP contribution in [0.25, 0.3) is 11.2 Å². The van der Waals surface area contributed by atoms with E-state index in [1.807, 2.05) is 0 Å². The van der Waals surface area contributed by atoms with Crippen LogP contribution in [-0.2, 0) is 6.54 Å². The second-order valence-electron chi connectivity index (χ2n) is 4.03. The van der Waals surface area contributed by atoms with E-state index in [2.05, 4.69) is 21.5 Å². The minimum Gasteiger partial charge on any atom is -0.396 e.